The lowest BCUT2D eigenvalue weighted by Crippen LogP contribution is -2.27. The highest BCUT2D eigenvalue weighted by Gasteiger charge is 2.35. The van der Waals surface area contributed by atoms with Crippen molar-refractivity contribution in [2.45, 2.75) is 16.7 Å². The number of hydrogen-bond acceptors (Lipinski definition) is 16. The molecule has 0 saturated heterocycles. The van der Waals surface area contributed by atoms with E-state index in [9.17, 15) is 61.7 Å². The molecular weight excluding hydrogens is 889 g/mol. The average molecular weight is 917 g/mol. The summed E-state index contributed by atoms with van der Waals surface area (Å²) >= 11 is 0. The van der Waals surface area contributed by atoms with E-state index in [-0.39, 0.29) is 57.4 Å². The zero-order valence-corrected chi connectivity index (χ0v) is 33.8. The fraction of sp³-hybridized carbons (Fsp3) is 0.0571. The molecule has 0 saturated carbocycles. The molecule has 6 rings (SSSR count). The monoisotopic (exact) mass is 916 g/mol. The Bertz CT molecular complexity index is 3140. The summed E-state index contributed by atoms with van der Waals surface area (Å²) in [5, 5.41) is 12.5. The summed E-state index contributed by atoms with van der Waals surface area (Å²) < 4.78 is 140. The number of carbonyl (C=O) groups is 3. The highest BCUT2D eigenvalue weighted by atomic mass is 32.2. The lowest BCUT2D eigenvalue weighted by atomic mass is 9.94. The molecule has 2 aliphatic rings. The minimum Gasteiger partial charge on any atom is -0.492 e. The Hall–Kier alpha value is -6.65. The van der Waals surface area contributed by atoms with Gasteiger partial charge in [-0.25, -0.2) is 4.79 Å². The molecule has 318 valence electrons. The van der Waals surface area contributed by atoms with Gasteiger partial charge in [-0.1, -0.05) is 0 Å². The Morgan fingerprint density at radius 1 is 0.574 bits per heavy atom. The molecule has 0 aromatic heterocycles. The van der Waals surface area contributed by atoms with Crippen molar-refractivity contribution in [3.05, 3.63) is 111 Å². The summed E-state index contributed by atoms with van der Waals surface area (Å²) in [5.74, 6) is -2.16. The minimum absolute atomic E-state index is 0.00306. The van der Waals surface area contributed by atoms with Gasteiger partial charge in [-0.05, 0) is 109 Å². The maximum atomic E-state index is 13.5. The Balaban J connectivity index is 1.21. The van der Waals surface area contributed by atoms with Gasteiger partial charge < -0.3 is 15.4 Å². The molecule has 2 aliphatic carbocycles. The number of nitrogens with one attached hydrogen (secondary N) is 4. The van der Waals surface area contributed by atoms with Crippen LogP contribution < -0.4 is 26.2 Å². The number of carbonyl (C=O) groups excluding carboxylic acids is 3. The van der Waals surface area contributed by atoms with E-state index >= 15 is 0 Å². The zero-order valence-electron chi connectivity index (χ0n) is 30.6. The molecule has 2 amide bonds. The highest BCUT2D eigenvalue weighted by molar-refractivity contribution is 7.91. The van der Waals surface area contributed by atoms with E-state index in [0.29, 0.717) is 0 Å². The second-order valence-corrected chi connectivity index (χ2v) is 18.1. The van der Waals surface area contributed by atoms with E-state index in [1.807, 2.05) is 0 Å². The number of hydrogen-bond donors (Lipinski definition) is 8. The van der Waals surface area contributed by atoms with Gasteiger partial charge in [-0.3, -0.25) is 38.7 Å². The molecule has 4 aromatic rings. The molecule has 0 aliphatic heterocycles. The van der Waals surface area contributed by atoms with Crippen LogP contribution in [0.2, 0.25) is 0 Å². The number of hydrazone groups is 2. The number of urea groups is 1. The molecule has 4 aromatic carbocycles. The second-order valence-electron chi connectivity index (χ2n) is 12.5. The Morgan fingerprint density at radius 2 is 1.02 bits per heavy atom. The number of anilines is 4. The first-order valence-corrected chi connectivity index (χ1v) is 22.5. The average Bonchev–Trinajstić information content (AvgIpc) is 3.16. The summed E-state index contributed by atoms with van der Waals surface area (Å²) in [6.07, 6.45) is 1.81. The van der Waals surface area contributed by atoms with E-state index in [1.54, 1.807) is 6.92 Å². The van der Waals surface area contributed by atoms with Gasteiger partial charge in [0.05, 0.1) is 22.9 Å². The number of ketones is 2. The molecule has 8 N–H and O–H groups in total. The summed E-state index contributed by atoms with van der Waals surface area (Å²) in [5.41, 5.74) is 2.78. The van der Waals surface area contributed by atoms with Crippen molar-refractivity contribution in [2.24, 2.45) is 10.2 Å². The fourth-order valence-corrected chi connectivity index (χ4v) is 8.18. The largest absolute Gasteiger partial charge is 0.492 e. The molecule has 0 spiro atoms. The normalized spacial score (nSPS) is 15.6. The van der Waals surface area contributed by atoms with E-state index in [0.717, 1.165) is 42.5 Å². The predicted molar refractivity (Wildman–Crippen MR) is 219 cm³/mol. The summed E-state index contributed by atoms with van der Waals surface area (Å²) in [6, 6.07) is 14.2. The van der Waals surface area contributed by atoms with Crippen molar-refractivity contribution >= 4 is 104 Å². The maximum Gasteiger partial charge on any atom is 0.323 e. The van der Waals surface area contributed by atoms with Crippen LogP contribution in [0.3, 0.4) is 0 Å². The van der Waals surface area contributed by atoms with Gasteiger partial charge in [0.25, 0.3) is 40.5 Å². The van der Waals surface area contributed by atoms with Gasteiger partial charge in [0, 0.05) is 22.5 Å². The van der Waals surface area contributed by atoms with Gasteiger partial charge >= 0.3 is 6.03 Å². The number of ether oxygens (including phenoxy) is 1. The molecule has 0 atom stereocenters. The van der Waals surface area contributed by atoms with E-state index in [2.05, 4.69) is 31.7 Å². The van der Waals surface area contributed by atoms with Crippen LogP contribution in [0, 0.1) is 0 Å². The van der Waals surface area contributed by atoms with Crippen LogP contribution in [0.5, 0.6) is 5.75 Å². The number of amides is 2. The van der Waals surface area contributed by atoms with Crippen LogP contribution in [-0.4, -0.2) is 87.5 Å². The van der Waals surface area contributed by atoms with Crippen LogP contribution in [0.25, 0.3) is 12.2 Å². The number of fused-ring (bicyclic) bond motifs is 2. The molecule has 0 heterocycles. The first kappa shape index (κ1) is 43.9. The zero-order chi connectivity index (χ0) is 44.7. The van der Waals surface area contributed by atoms with Crippen LogP contribution >= 0.6 is 0 Å². The Kier molecular flexibility index (Phi) is 11.8. The lowest BCUT2D eigenvalue weighted by molar-refractivity contribution is 0.105. The van der Waals surface area contributed by atoms with Gasteiger partial charge in [-0.2, -0.15) is 43.9 Å². The molecule has 0 bridgehead atoms. The molecule has 22 nitrogen and oxygen atoms in total. The summed E-state index contributed by atoms with van der Waals surface area (Å²) in [4.78, 5) is 36.9. The SMILES string of the molecule is CCOc1ccc(N/N=C2/C(=O)c3ccc(NC(=O)Nc4ccc5c(c4)C=C(S(=O)(=O)O)/C(=N\Nc4ccc(S(=O)(=O)O)cc4)C5=O)cc3C=C2S(=O)(=O)O)cc1S(=O)(=O)O. The minimum atomic E-state index is -5.13. The van der Waals surface area contributed by atoms with Crippen LogP contribution in [0.4, 0.5) is 27.5 Å². The first-order chi connectivity index (χ1) is 28.4. The third kappa shape index (κ3) is 9.88. The predicted octanol–water partition coefficient (Wildman–Crippen LogP) is 4.01. The summed E-state index contributed by atoms with van der Waals surface area (Å²) in [7, 11) is -19.5. The number of allylic oxidation sites excluding steroid dienone is 2. The van der Waals surface area contributed by atoms with E-state index in [4.69, 9.17) is 9.29 Å². The third-order valence-electron chi connectivity index (χ3n) is 8.40. The van der Waals surface area contributed by atoms with Crippen molar-refractivity contribution in [1.29, 1.82) is 0 Å². The standard InChI is InChI=1S/C35H28N6O16S4/c1-2-57-27-12-7-23(17-28(27)59(48,49)50)39-41-32-30(61(54,55)56)16-19-14-22(6-11-26(19)34(32)43)37-35(44)36-21-5-10-25-18(13-21)15-29(60(51,52)53)31(33(25)42)40-38-20-3-8-24(9-4-20)58(45,46)47/h3-17,38-39H,2H2,1H3,(H2,36,37,44)(H,45,46,47)(H,48,49,50)(H,51,52,53)(H,54,55,56)/b40-31+,41-32+. The number of benzene rings is 4. The van der Waals surface area contributed by atoms with Crippen molar-refractivity contribution in [3.8, 4) is 5.75 Å². The van der Waals surface area contributed by atoms with E-state index in [1.165, 1.54) is 48.5 Å². The fourth-order valence-electron chi connectivity index (χ4n) is 5.73. The van der Waals surface area contributed by atoms with Gasteiger partial charge in [-0.15, -0.1) is 0 Å². The van der Waals surface area contributed by atoms with Crippen molar-refractivity contribution in [3.63, 3.8) is 0 Å². The van der Waals surface area contributed by atoms with Crippen LogP contribution in [-0.2, 0) is 40.5 Å². The third-order valence-corrected chi connectivity index (χ3v) is 11.9. The van der Waals surface area contributed by atoms with E-state index < -0.39 is 89.1 Å². The number of Topliss-reactive ketones (excluding diaryl/α,β-unsaturated/α-hetero) is 2. The van der Waals surface area contributed by atoms with Crippen LogP contribution in [0.15, 0.2) is 109 Å². The van der Waals surface area contributed by atoms with Crippen LogP contribution in [0.1, 0.15) is 38.8 Å². The van der Waals surface area contributed by atoms with Gasteiger partial charge in [0.2, 0.25) is 11.6 Å². The van der Waals surface area contributed by atoms with Gasteiger partial charge in [0.1, 0.15) is 20.5 Å². The van der Waals surface area contributed by atoms with Crippen molar-refractivity contribution in [1.82, 2.24) is 0 Å². The number of rotatable bonds is 12. The molecule has 0 radical (unpaired) electrons. The molecular formula is C35H28N6O16S4. The number of nitrogens with zero attached hydrogens (tertiary/aromatic N) is 2. The summed E-state index contributed by atoms with van der Waals surface area (Å²) in [6.45, 7) is 1.63. The molecule has 61 heavy (non-hydrogen) atoms. The Morgan fingerprint density at radius 3 is 1.44 bits per heavy atom. The first-order valence-electron chi connectivity index (χ1n) is 16.8. The topological polar surface area (TPSA) is 351 Å². The smallest absolute Gasteiger partial charge is 0.323 e. The van der Waals surface area contributed by atoms with Crippen molar-refractivity contribution in [2.75, 3.05) is 28.1 Å². The second kappa shape index (κ2) is 16.4. The molecule has 0 fully saturated rings. The van der Waals surface area contributed by atoms with Crippen molar-refractivity contribution < 1.29 is 71.0 Å². The van der Waals surface area contributed by atoms with Gasteiger partial charge in [0.15, 0.2) is 11.4 Å². The quantitative estimate of drug-likeness (QED) is 0.0735. The Labute approximate surface area is 345 Å². The molecule has 0 unspecified atom stereocenters. The maximum absolute atomic E-state index is 13.5. The lowest BCUT2D eigenvalue weighted by Gasteiger charge is -2.18. The highest BCUT2D eigenvalue weighted by Crippen LogP contribution is 2.32. The molecule has 26 heteroatoms.